The summed E-state index contributed by atoms with van der Waals surface area (Å²) >= 11 is 0. The molecule has 1 aliphatic heterocycles. The predicted octanol–water partition coefficient (Wildman–Crippen LogP) is -0.00600. The predicted molar refractivity (Wildman–Crippen MR) is 59.1 cm³/mol. The molecule has 0 spiro atoms. The fraction of sp³-hybridized carbons (Fsp3) is 0. The van der Waals surface area contributed by atoms with Crippen LogP contribution < -0.4 is 10.5 Å². The van der Waals surface area contributed by atoms with Gasteiger partial charge in [-0.15, -0.1) is 0 Å². The van der Waals surface area contributed by atoms with Gasteiger partial charge in [0.05, 0.1) is 5.69 Å². The van der Waals surface area contributed by atoms with E-state index in [-0.39, 0.29) is 0 Å². The summed E-state index contributed by atoms with van der Waals surface area (Å²) in [6.45, 7) is 0. The number of hydrogen-bond acceptors (Lipinski definition) is 4. The minimum Gasteiger partial charge on any atom is -0.277 e. The molecule has 0 unspecified atom stereocenters. The summed E-state index contributed by atoms with van der Waals surface area (Å²) in [5, 5.41) is 1.93. The highest BCUT2D eigenvalue weighted by atomic mass is 16.2. The van der Waals surface area contributed by atoms with E-state index < -0.39 is 11.8 Å². The molecule has 0 saturated carbocycles. The van der Waals surface area contributed by atoms with Gasteiger partial charge in [0.2, 0.25) is 6.41 Å². The first-order chi connectivity index (χ1) is 8.24. The summed E-state index contributed by atoms with van der Waals surface area (Å²) in [6, 6.07) is 8.57. The van der Waals surface area contributed by atoms with Crippen LogP contribution in [0.1, 0.15) is 0 Å². The number of benzene rings is 1. The first-order valence-electron chi connectivity index (χ1n) is 4.85. The van der Waals surface area contributed by atoms with Crippen LogP contribution in [-0.2, 0) is 14.4 Å². The number of amides is 3. The van der Waals surface area contributed by atoms with Crippen LogP contribution >= 0.6 is 0 Å². The zero-order valence-electron chi connectivity index (χ0n) is 8.74. The Morgan fingerprint density at radius 1 is 1.06 bits per heavy atom. The van der Waals surface area contributed by atoms with Crippen LogP contribution in [0.4, 0.5) is 5.69 Å². The van der Waals surface area contributed by atoms with Crippen LogP contribution in [0, 0.1) is 0 Å². The lowest BCUT2D eigenvalue weighted by atomic mass is 10.3. The van der Waals surface area contributed by atoms with Crippen molar-refractivity contribution in [3.63, 3.8) is 0 Å². The number of hydrazine groups is 2. The second-order valence-electron chi connectivity index (χ2n) is 3.22. The molecule has 17 heavy (non-hydrogen) atoms. The maximum atomic E-state index is 11.5. The molecule has 6 nitrogen and oxygen atoms in total. The van der Waals surface area contributed by atoms with Crippen LogP contribution in [0.3, 0.4) is 0 Å². The SMILES string of the molecule is O=CNN(c1ccccc1)N1C(=O)C=CC1=O. The van der Waals surface area contributed by atoms with Crippen LogP contribution in [0.25, 0.3) is 0 Å². The molecular formula is C11H9N3O3. The van der Waals surface area contributed by atoms with Crippen LogP contribution in [0.2, 0.25) is 0 Å². The highest BCUT2D eigenvalue weighted by molar-refractivity contribution is 6.13. The van der Waals surface area contributed by atoms with Gasteiger partial charge in [0.25, 0.3) is 11.8 Å². The summed E-state index contributed by atoms with van der Waals surface area (Å²) < 4.78 is 0. The van der Waals surface area contributed by atoms with E-state index in [4.69, 9.17) is 0 Å². The zero-order chi connectivity index (χ0) is 12.3. The van der Waals surface area contributed by atoms with E-state index in [1.807, 2.05) is 0 Å². The molecule has 0 radical (unpaired) electrons. The van der Waals surface area contributed by atoms with Crippen LogP contribution in [0.15, 0.2) is 42.5 Å². The van der Waals surface area contributed by atoms with Crippen molar-refractivity contribution in [3.8, 4) is 0 Å². The Bertz CT molecular complexity index is 466. The molecule has 0 aromatic heterocycles. The van der Waals surface area contributed by atoms with Crippen molar-refractivity contribution in [2.24, 2.45) is 0 Å². The molecule has 2 rings (SSSR count). The fourth-order valence-electron chi connectivity index (χ4n) is 1.46. The van der Waals surface area contributed by atoms with Gasteiger partial charge in [-0.2, -0.15) is 10.1 Å². The highest BCUT2D eigenvalue weighted by Crippen LogP contribution is 2.16. The third kappa shape index (κ3) is 2.00. The molecule has 1 heterocycles. The van der Waals surface area contributed by atoms with Crippen molar-refractivity contribution < 1.29 is 14.4 Å². The largest absolute Gasteiger partial charge is 0.277 e. The molecule has 86 valence electrons. The van der Waals surface area contributed by atoms with Crippen molar-refractivity contribution in [1.82, 2.24) is 10.4 Å². The Hall–Kier alpha value is -2.63. The van der Waals surface area contributed by atoms with Crippen LogP contribution in [0.5, 0.6) is 0 Å². The van der Waals surface area contributed by atoms with E-state index in [0.29, 0.717) is 12.1 Å². The number of para-hydroxylation sites is 1. The topological polar surface area (TPSA) is 69.7 Å². The third-order valence-electron chi connectivity index (χ3n) is 2.16. The van der Waals surface area contributed by atoms with Crippen LogP contribution in [-0.4, -0.2) is 23.2 Å². The van der Waals surface area contributed by atoms with E-state index in [0.717, 1.165) is 22.3 Å². The molecular weight excluding hydrogens is 222 g/mol. The maximum Gasteiger partial charge on any atom is 0.274 e. The number of carbonyl (C=O) groups is 3. The van der Waals surface area contributed by atoms with Crippen molar-refractivity contribution in [3.05, 3.63) is 42.5 Å². The second-order valence-corrected chi connectivity index (χ2v) is 3.22. The number of nitrogens with one attached hydrogen (secondary N) is 1. The van der Waals surface area contributed by atoms with Crippen molar-refractivity contribution in [2.45, 2.75) is 0 Å². The quantitative estimate of drug-likeness (QED) is 0.449. The van der Waals surface area contributed by atoms with E-state index in [9.17, 15) is 14.4 Å². The summed E-state index contributed by atoms with van der Waals surface area (Å²) in [7, 11) is 0. The van der Waals surface area contributed by atoms with E-state index in [1.54, 1.807) is 30.3 Å². The Labute approximate surface area is 97.1 Å². The first-order valence-corrected chi connectivity index (χ1v) is 4.85. The monoisotopic (exact) mass is 231 g/mol. The first kappa shape index (κ1) is 10.9. The molecule has 1 aliphatic rings. The highest BCUT2D eigenvalue weighted by Gasteiger charge is 2.30. The normalized spacial score (nSPS) is 14.0. The third-order valence-corrected chi connectivity index (χ3v) is 2.16. The number of carbonyl (C=O) groups excluding carboxylic acids is 3. The van der Waals surface area contributed by atoms with Gasteiger partial charge in [0.1, 0.15) is 0 Å². The van der Waals surface area contributed by atoms with Crippen molar-refractivity contribution in [1.29, 1.82) is 0 Å². The number of imide groups is 1. The number of anilines is 1. The molecule has 1 aromatic rings. The van der Waals surface area contributed by atoms with Gasteiger partial charge in [-0.25, -0.2) is 0 Å². The molecule has 0 aliphatic carbocycles. The number of nitrogens with zero attached hydrogens (tertiary/aromatic N) is 2. The molecule has 1 aromatic carbocycles. The summed E-state index contributed by atoms with van der Waals surface area (Å²) in [4.78, 5) is 33.5. The van der Waals surface area contributed by atoms with Gasteiger partial charge < -0.3 is 0 Å². The summed E-state index contributed by atoms with van der Waals surface area (Å²) in [5.41, 5.74) is 2.80. The zero-order valence-corrected chi connectivity index (χ0v) is 8.74. The molecule has 3 amide bonds. The summed E-state index contributed by atoms with van der Waals surface area (Å²) in [5.74, 6) is -1.01. The molecule has 1 N–H and O–H groups in total. The molecule has 0 saturated heterocycles. The Balaban J connectivity index is 2.33. The average Bonchev–Trinajstić information content (AvgIpc) is 2.68. The number of hydrogen-bond donors (Lipinski definition) is 1. The number of rotatable bonds is 4. The lowest BCUT2D eigenvalue weighted by Crippen LogP contribution is -2.53. The molecule has 6 heteroatoms. The van der Waals surface area contributed by atoms with E-state index in [1.165, 1.54) is 0 Å². The smallest absolute Gasteiger partial charge is 0.274 e. The Morgan fingerprint density at radius 2 is 1.65 bits per heavy atom. The van der Waals surface area contributed by atoms with Gasteiger partial charge in [0, 0.05) is 12.2 Å². The molecule has 0 bridgehead atoms. The van der Waals surface area contributed by atoms with Gasteiger partial charge >= 0.3 is 0 Å². The van der Waals surface area contributed by atoms with Gasteiger partial charge in [-0.1, -0.05) is 18.2 Å². The minimum absolute atomic E-state index is 0.395. The van der Waals surface area contributed by atoms with E-state index >= 15 is 0 Å². The fourth-order valence-corrected chi connectivity index (χ4v) is 1.46. The van der Waals surface area contributed by atoms with Gasteiger partial charge in [-0.3, -0.25) is 19.8 Å². The molecule has 0 fully saturated rings. The maximum absolute atomic E-state index is 11.5. The average molecular weight is 231 g/mol. The lowest BCUT2D eigenvalue weighted by molar-refractivity contribution is -0.138. The Kier molecular flexibility index (Phi) is 2.87. The summed E-state index contributed by atoms with van der Waals surface area (Å²) in [6.07, 6.45) is 2.68. The lowest BCUT2D eigenvalue weighted by Gasteiger charge is -2.29. The molecule has 0 atom stereocenters. The van der Waals surface area contributed by atoms with Gasteiger partial charge in [-0.05, 0) is 12.1 Å². The van der Waals surface area contributed by atoms with Crippen molar-refractivity contribution in [2.75, 3.05) is 5.12 Å². The second kappa shape index (κ2) is 4.48. The van der Waals surface area contributed by atoms with Gasteiger partial charge in [0.15, 0.2) is 0 Å². The standard InChI is InChI=1S/C11H9N3O3/c15-8-12-14(9-4-2-1-3-5-9)13-10(16)6-7-11(13)17/h1-8H,(H,12,15). The van der Waals surface area contributed by atoms with Crippen molar-refractivity contribution >= 4 is 23.9 Å². The Morgan fingerprint density at radius 3 is 2.18 bits per heavy atom. The minimum atomic E-state index is -0.506. The van der Waals surface area contributed by atoms with E-state index in [2.05, 4.69) is 5.43 Å².